The number of nitrogens with one attached hydrogen (secondary N) is 3. The topological polar surface area (TPSA) is 62.6 Å². The molecular weight excluding hydrogens is 266 g/mol. The van der Waals surface area contributed by atoms with Crippen LogP contribution in [0.4, 0.5) is 5.69 Å². The quantitative estimate of drug-likeness (QED) is 0.692. The minimum atomic E-state index is -0.0707. The summed E-state index contributed by atoms with van der Waals surface area (Å²) in [6, 6.07) is 6.30. The van der Waals surface area contributed by atoms with Gasteiger partial charge in [0, 0.05) is 11.7 Å². The van der Waals surface area contributed by atoms with Crippen molar-refractivity contribution in [2.24, 2.45) is 0 Å². The Hall–Kier alpha value is -1.88. The number of aryl methyl sites for hydroxylation is 2. The summed E-state index contributed by atoms with van der Waals surface area (Å²) in [7, 11) is 1.86. The highest BCUT2D eigenvalue weighted by Crippen LogP contribution is 2.18. The molecule has 1 aliphatic rings. The lowest BCUT2D eigenvalue weighted by Crippen LogP contribution is -3.11. The first-order valence-corrected chi connectivity index (χ1v) is 7.42. The van der Waals surface area contributed by atoms with Gasteiger partial charge in [-0.3, -0.25) is 9.59 Å². The molecule has 0 spiro atoms. The minimum Gasteiger partial charge on any atom is -0.348 e. The normalized spacial score (nSPS) is 15.4. The number of amides is 2. The Morgan fingerprint density at radius 2 is 1.86 bits per heavy atom. The maximum atomic E-state index is 12.0. The summed E-state index contributed by atoms with van der Waals surface area (Å²) in [6.07, 6.45) is 2.16. The van der Waals surface area contributed by atoms with E-state index in [0.717, 1.165) is 29.0 Å². The van der Waals surface area contributed by atoms with Gasteiger partial charge < -0.3 is 15.5 Å². The van der Waals surface area contributed by atoms with Gasteiger partial charge in [0.05, 0.1) is 7.05 Å². The SMILES string of the molecule is Cc1ccc(NC(=O)C[NH+](C)CC(=O)NC2CC2)c(C)c1. The van der Waals surface area contributed by atoms with E-state index in [1.54, 1.807) is 0 Å². The number of hydrogen-bond donors (Lipinski definition) is 3. The van der Waals surface area contributed by atoms with Crippen molar-refractivity contribution in [3.63, 3.8) is 0 Å². The molecule has 1 fully saturated rings. The van der Waals surface area contributed by atoms with E-state index >= 15 is 0 Å². The third-order valence-corrected chi connectivity index (χ3v) is 3.52. The molecule has 0 bridgehead atoms. The second kappa shape index (κ2) is 6.72. The molecule has 0 saturated heterocycles. The number of rotatable bonds is 6. The van der Waals surface area contributed by atoms with Crippen molar-refractivity contribution in [2.45, 2.75) is 32.7 Å². The zero-order chi connectivity index (χ0) is 15.4. The molecule has 1 saturated carbocycles. The Bertz CT molecular complexity index is 538. The van der Waals surface area contributed by atoms with Crippen LogP contribution in [0.5, 0.6) is 0 Å². The summed E-state index contributed by atoms with van der Waals surface area (Å²) in [5, 5.41) is 5.83. The third-order valence-electron chi connectivity index (χ3n) is 3.52. The Kier molecular flexibility index (Phi) is 4.96. The van der Waals surface area contributed by atoms with Crippen molar-refractivity contribution in [3.05, 3.63) is 29.3 Å². The fourth-order valence-corrected chi connectivity index (χ4v) is 2.27. The molecule has 5 heteroatoms. The molecule has 5 nitrogen and oxygen atoms in total. The van der Waals surface area contributed by atoms with Crippen LogP contribution in [0.2, 0.25) is 0 Å². The summed E-state index contributed by atoms with van der Waals surface area (Å²) >= 11 is 0. The van der Waals surface area contributed by atoms with E-state index < -0.39 is 0 Å². The number of quaternary nitrogens is 1. The first kappa shape index (κ1) is 15.5. The predicted molar refractivity (Wildman–Crippen MR) is 82.3 cm³/mol. The lowest BCUT2D eigenvalue weighted by molar-refractivity contribution is -0.862. The molecule has 2 amide bonds. The Balaban J connectivity index is 1.78. The molecule has 1 aromatic carbocycles. The van der Waals surface area contributed by atoms with Crippen molar-refractivity contribution >= 4 is 17.5 Å². The summed E-state index contributed by atoms with van der Waals surface area (Å²) in [4.78, 5) is 24.6. The van der Waals surface area contributed by atoms with E-state index in [1.807, 2.05) is 39.1 Å². The Morgan fingerprint density at radius 1 is 1.19 bits per heavy atom. The van der Waals surface area contributed by atoms with Crippen LogP contribution in [0.1, 0.15) is 24.0 Å². The van der Waals surface area contributed by atoms with Crippen LogP contribution in [0.3, 0.4) is 0 Å². The molecule has 0 radical (unpaired) electrons. The summed E-state index contributed by atoms with van der Waals surface area (Å²) < 4.78 is 0. The van der Waals surface area contributed by atoms with Crippen molar-refractivity contribution in [1.82, 2.24) is 5.32 Å². The fraction of sp³-hybridized carbons (Fsp3) is 0.500. The number of benzene rings is 1. The lowest BCUT2D eigenvalue weighted by Gasteiger charge is -2.14. The Morgan fingerprint density at radius 3 is 2.48 bits per heavy atom. The Labute approximate surface area is 125 Å². The van der Waals surface area contributed by atoms with Crippen LogP contribution in [0.15, 0.2) is 18.2 Å². The van der Waals surface area contributed by atoms with Gasteiger partial charge in [0.15, 0.2) is 13.1 Å². The van der Waals surface area contributed by atoms with Crippen LogP contribution in [0.25, 0.3) is 0 Å². The molecule has 1 unspecified atom stereocenters. The second-order valence-corrected chi connectivity index (χ2v) is 6.02. The number of carbonyl (C=O) groups is 2. The first-order valence-electron chi connectivity index (χ1n) is 7.42. The van der Waals surface area contributed by atoms with Crippen molar-refractivity contribution in [1.29, 1.82) is 0 Å². The molecular formula is C16H24N3O2+. The molecule has 1 aliphatic carbocycles. The molecule has 114 valence electrons. The molecule has 0 heterocycles. The van der Waals surface area contributed by atoms with Gasteiger partial charge in [-0.2, -0.15) is 0 Å². The fourth-order valence-electron chi connectivity index (χ4n) is 2.27. The zero-order valence-corrected chi connectivity index (χ0v) is 13.0. The van der Waals surface area contributed by atoms with Crippen LogP contribution in [0, 0.1) is 13.8 Å². The van der Waals surface area contributed by atoms with E-state index in [9.17, 15) is 9.59 Å². The molecule has 21 heavy (non-hydrogen) atoms. The highest BCUT2D eigenvalue weighted by molar-refractivity contribution is 5.92. The number of likely N-dealkylation sites (N-methyl/N-ethyl adjacent to an activating group) is 1. The van der Waals surface area contributed by atoms with E-state index in [0.29, 0.717) is 12.6 Å². The molecule has 0 aliphatic heterocycles. The number of carbonyl (C=O) groups excluding carboxylic acids is 2. The van der Waals surface area contributed by atoms with Gasteiger partial charge in [-0.1, -0.05) is 17.7 Å². The van der Waals surface area contributed by atoms with Gasteiger partial charge >= 0.3 is 0 Å². The molecule has 0 aromatic heterocycles. The van der Waals surface area contributed by atoms with Crippen LogP contribution in [-0.2, 0) is 9.59 Å². The number of hydrogen-bond acceptors (Lipinski definition) is 2. The lowest BCUT2D eigenvalue weighted by atomic mass is 10.1. The monoisotopic (exact) mass is 290 g/mol. The number of anilines is 1. The van der Waals surface area contributed by atoms with Crippen molar-refractivity contribution < 1.29 is 14.5 Å². The minimum absolute atomic E-state index is 0.0225. The van der Waals surface area contributed by atoms with Gasteiger partial charge in [0.25, 0.3) is 11.8 Å². The smallest absolute Gasteiger partial charge is 0.279 e. The van der Waals surface area contributed by atoms with Gasteiger partial charge in [-0.25, -0.2) is 0 Å². The maximum Gasteiger partial charge on any atom is 0.279 e. The molecule has 2 rings (SSSR count). The standard InChI is InChI=1S/C16H23N3O2/c1-11-4-7-14(12(2)8-11)18-16(21)10-19(3)9-15(20)17-13-5-6-13/h4,7-8,13H,5-6,9-10H2,1-3H3,(H,17,20)(H,18,21)/p+1. The average molecular weight is 290 g/mol. The van der Waals surface area contributed by atoms with E-state index in [-0.39, 0.29) is 18.4 Å². The summed E-state index contributed by atoms with van der Waals surface area (Å²) in [5.41, 5.74) is 3.05. The molecule has 1 aromatic rings. The van der Waals surface area contributed by atoms with Crippen molar-refractivity contribution in [2.75, 3.05) is 25.5 Å². The maximum absolute atomic E-state index is 12.0. The van der Waals surface area contributed by atoms with Crippen LogP contribution in [-0.4, -0.2) is 38.0 Å². The second-order valence-electron chi connectivity index (χ2n) is 6.02. The van der Waals surface area contributed by atoms with Gasteiger partial charge in [0.1, 0.15) is 0 Å². The van der Waals surface area contributed by atoms with Crippen LogP contribution < -0.4 is 15.5 Å². The van der Waals surface area contributed by atoms with Gasteiger partial charge in [-0.15, -0.1) is 0 Å². The summed E-state index contributed by atoms with van der Waals surface area (Å²) in [6.45, 7) is 4.61. The highest BCUT2D eigenvalue weighted by Gasteiger charge is 2.24. The first-order chi connectivity index (χ1) is 9.94. The highest BCUT2D eigenvalue weighted by atomic mass is 16.2. The van der Waals surface area contributed by atoms with E-state index in [1.165, 1.54) is 5.56 Å². The van der Waals surface area contributed by atoms with E-state index in [2.05, 4.69) is 10.6 Å². The molecule has 3 N–H and O–H groups in total. The largest absolute Gasteiger partial charge is 0.348 e. The predicted octanol–water partition coefficient (Wildman–Crippen LogP) is 0.0352. The van der Waals surface area contributed by atoms with Crippen molar-refractivity contribution in [3.8, 4) is 0 Å². The van der Waals surface area contributed by atoms with Gasteiger partial charge in [0.2, 0.25) is 0 Å². The average Bonchev–Trinajstić information content (AvgIpc) is 3.16. The zero-order valence-electron chi connectivity index (χ0n) is 13.0. The van der Waals surface area contributed by atoms with Crippen LogP contribution >= 0.6 is 0 Å². The van der Waals surface area contributed by atoms with Gasteiger partial charge in [-0.05, 0) is 38.3 Å². The summed E-state index contributed by atoms with van der Waals surface area (Å²) in [5.74, 6) is -0.0482. The van der Waals surface area contributed by atoms with E-state index in [4.69, 9.17) is 0 Å². The third kappa shape index (κ3) is 5.19. The molecule has 1 atom stereocenters.